The van der Waals surface area contributed by atoms with E-state index in [1.807, 2.05) is 24.3 Å². The van der Waals surface area contributed by atoms with Gasteiger partial charge in [-0.25, -0.2) is 4.39 Å². The third-order valence-electron chi connectivity index (χ3n) is 3.54. The second kappa shape index (κ2) is 8.16. The van der Waals surface area contributed by atoms with E-state index in [9.17, 15) is 4.39 Å². The lowest BCUT2D eigenvalue weighted by Gasteiger charge is -2.19. The fourth-order valence-electron chi connectivity index (χ4n) is 2.24. The topological polar surface area (TPSA) is 39.1 Å². The first-order valence-corrected chi connectivity index (χ1v) is 7.36. The van der Waals surface area contributed by atoms with Gasteiger partial charge in [-0.2, -0.15) is 5.26 Å². The van der Waals surface area contributed by atoms with Crippen molar-refractivity contribution in [2.45, 2.75) is 13.0 Å². The summed E-state index contributed by atoms with van der Waals surface area (Å²) in [4.78, 5) is 2.20. The molecule has 0 spiro atoms. The molecule has 0 aliphatic heterocycles. The smallest absolute Gasteiger partial charge is 0.129 e. The largest absolute Gasteiger partial charge is 0.375 e. The van der Waals surface area contributed by atoms with Gasteiger partial charge in [-0.15, -0.1) is 0 Å². The molecule has 0 fully saturated rings. The van der Waals surface area contributed by atoms with E-state index in [1.165, 1.54) is 11.8 Å². The summed E-state index contributed by atoms with van der Waals surface area (Å²) in [5, 5.41) is 11.9. The second-order valence-electron chi connectivity index (χ2n) is 5.21. The minimum Gasteiger partial charge on any atom is -0.375 e. The molecule has 0 saturated heterocycles. The van der Waals surface area contributed by atoms with Gasteiger partial charge in [0.15, 0.2) is 0 Å². The summed E-state index contributed by atoms with van der Waals surface area (Å²) in [7, 11) is 2.07. The minimum atomic E-state index is -0.326. The summed E-state index contributed by atoms with van der Waals surface area (Å²) in [6, 6.07) is 16.7. The lowest BCUT2D eigenvalue weighted by molar-refractivity contribution is 0.581. The lowest BCUT2D eigenvalue weighted by Crippen LogP contribution is -2.23. The molecule has 0 aliphatic carbocycles. The van der Waals surface area contributed by atoms with Crippen LogP contribution in [0, 0.1) is 17.1 Å². The number of hydrogen-bond acceptors (Lipinski definition) is 3. The molecule has 0 saturated carbocycles. The Morgan fingerprint density at radius 1 is 1.18 bits per heavy atom. The maximum absolute atomic E-state index is 13.7. The van der Waals surface area contributed by atoms with E-state index in [2.05, 4.69) is 29.4 Å². The van der Waals surface area contributed by atoms with Gasteiger partial charge in [0.25, 0.3) is 0 Å². The molecule has 0 amide bonds. The van der Waals surface area contributed by atoms with Gasteiger partial charge >= 0.3 is 0 Å². The molecule has 4 heteroatoms. The Morgan fingerprint density at radius 3 is 2.64 bits per heavy atom. The fourth-order valence-corrected chi connectivity index (χ4v) is 2.24. The average molecular weight is 297 g/mol. The predicted molar refractivity (Wildman–Crippen MR) is 87.2 cm³/mol. The van der Waals surface area contributed by atoms with Gasteiger partial charge in [0, 0.05) is 31.4 Å². The van der Waals surface area contributed by atoms with Gasteiger partial charge < -0.3 is 10.2 Å². The summed E-state index contributed by atoms with van der Waals surface area (Å²) in [6.07, 6.45) is 0.975. The number of benzene rings is 2. The third kappa shape index (κ3) is 4.57. The van der Waals surface area contributed by atoms with Crippen molar-refractivity contribution >= 4 is 5.69 Å². The molecule has 2 rings (SSSR count). The van der Waals surface area contributed by atoms with E-state index in [0.717, 1.165) is 19.5 Å². The molecule has 2 aromatic rings. The Hall–Kier alpha value is -2.38. The molecular weight excluding hydrogens is 277 g/mol. The number of halogens is 1. The highest BCUT2D eigenvalue weighted by molar-refractivity contribution is 5.44. The number of nitriles is 1. The van der Waals surface area contributed by atoms with Crippen molar-refractivity contribution in [3.63, 3.8) is 0 Å². The van der Waals surface area contributed by atoms with Crippen LogP contribution in [0.1, 0.15) is 17.5 Å². The Bertz CT molecular complexity index is 635. The van der Waals surface area contributed by atoms with Gasteiger partial charge in [-0.3, -0.25) is 0 Å². The first kappa shape index (κ1) is 16.0. The number of nitrogens with one attached hydrogen (secondary N) is 1. The average Bonchev–Trinajstić information content (AvgIpc) is 2.56. The Balaban J connectivity index is 1.71. The first-order chi connectivity index (χ1) is 10.7. The van der Waals surface area contributed by atoms with Crippen LogP contribution < -0.4 is 10.2 Å². The van der Waals surface area contributed by atoms with Crippen LogP contribution >= 0.6 is 0 Å². The molecule has 0 atom stereocenters. The highest BCUT2D eigenvalue weighted by Gasteiger charge is 2.03. The van der Waals surface area contributed by atoms with Crippen LogP contribution in [0.4, 0.5) is 10.1 Å². The van der Waals surface area contributed by atoms with Crippen molar-refractivity contribution < 1.29 is 4.39 Å². The highest BCUT2D eigenvalue weighted by Crippen LogP contribution is 2.11. The number of anilines is 1. The van der Waals surface area contributed by atoms with Crippen molar-refractivity contribution in [3.05, 3.63) is 65.5 Å². The Labute approximate surface area is 131 Å². The summed E-state index contributed by atoms with van der Waals surface area (Å²) in [6.45, 7) is 2.23. The van der Waals surface area contributed by atoms with Gasteiger partial charge in [0.05, 0.1) is 11.6 Å². The van der Waals surface area contributed by atoms with Crippen molar-refractivity contribution in [1.29, 1.82) is 5.26 Å². The van der Waals surface area contributed by atoms with Crippen LogP contribution in [-0.2, 0) is 6.54 Å². The monoisotopic (exact) mass is 297 g/mol. The van der Waals surface area contributed by atoms with E-state index in [-0.39, 0.29) is 5.82 Å². The summed E-state index contributed by atoms with van der Waals surface area (Å²) in [5.41, 5.74) is 2.14. The second-order valence-corrected chi connectivity index (χ2v) is 5.21. The van der Waals surface area contributed by atoms with Crippen LogP contribution in [0.15, 0.2) is 48.5 Å². The van der Waals surface area contributed by atoms with Gasteiger partial charge in [0.2, 0.25) is 0 Å². The van der Waals surface area contributed by atoms with E-state index < -0.39 is 0 Å². The number of nitrogens with zero attached hydrogens (tertiary/aromatic N) is 2. The quantitative estimate of drug-likeness (QED) is 0.797. The molecule has 0 aromatic heterocycles. The molecule has 22 heavy (non-hydrogen) atoms. The van der Waals surface area contributed by atoms with E-state index >= 15 is 0 Å². The van der Waals surface area contributed by atoms with Crippen molar-refractivity contribution in [2.75, 3.05) is 25.0 Å². The standard InChI is InChI=1S/C18H20FN3/c1-22(17-6-3-2-4-7-17)11-5-10-21-14-16-9-8-15(13-20)12-18(16)19/h2-4,6-9,12,21H,5,10-11,14H2,1H3. The maximum Gasteiger partial charge on any atom is 0.129 e. The maximum atomic E-state index is 13.7. The normalized spacial score (nSPS) is 10.2. The SMILES string of the molecule is CN(CCCNCc1ccc(C#N)cc1F)c1ccccc1. The van der Waals surface area contributed by atoms with Crippen LogP contribution in [0.25, 0.3) is 0 Å². The molecule has 114 valence electrons. The summed E-state index contributed by atoms with van der Waals surface area (Å²) in [5.74, 6) is -0.326. The van der Waals surface area contributed by atoms with Crippen LogP contribution in [-0.4, -0.2) is 20.1 Å². The predicted octanol–water partition coefficient (Wildman–Crippen LogP) is 3.31. The molecule has 1 N–H and O–H groups in total. The summed E-state index contributed by atoms with van der Waals surface area (Å²) >= 11 is 0. The zero-order valence-electron chi connectivity index (χ0n) is 12.7. The Kier molecular flexibility index (Phi) is 5.93. The molecule has 0 bridgehead atoms. The minimum absolute atomic E-state index is 0.326. The lowest BCUT2D eigenvalue weighted by atomic mass is 10.1. The molecule has 0 radical (unpaired) electrons. The zero-order valence-corrected chi connectivity index (χ0v) is 12.7. The van der Waals surface area contributed by atoms with Gasteiger partial charge in [-0.05, 0) is 37.2 Å². The molecule has 2 aromatic carbocycles. The van der Waals surface area contributed by atoms with Crippen molar-refractivity contribution in [3.8, 4) is 6.07 Å². The zero-order chi connectivity index (χ0) is 15.8. The van der Waals surface area contributed by atoms with Crippen LogP contribution in [0.5, 0.6) is 0 Å². The third-order valence-corrected chi connectivity index (χ3v) is 3.54. The molecule has 0 heterocycles. The van der Waals surface area contributed by atoms with E-state index in [1.54, 1.807) is 12.1 Å². The fraction of sp³-hybridized carbons (Fsp3) is 0.278. The summed E-state index contributed by atoms with van der Waals surface area (Å²) < 4.78 is 13.7. The van der Waals surface area contributed by atoms with Crippen molar-refractivity contribution in [2.24, 2.45) is 0 Å². The molecule has 0 unspecified atom stereocenters. The number of rotatable bonds is 7. The van der Waals surface area contributed by atoms with E-state index in [0.29, 0.717) is 17.7 Å². The highest BCUT2D eigenvalue weighted by atomic mass is 19.1. The number of para-hydroxylation sites is 1. The van der Waals surface area contributed by atoms with Gasteiger partial charge in [0.1, 0.15) is 5.82 Å². The van der Waals surface area contributed by atoms with Crippen LogP contribution in [0.3, 0.4) is 0 Å². The molecule has 0 aliphatic rings. The number of hydrogen-bond donors (Lipinski definition) is 1. The van der Waals surface area contributed by atoms with Gasteiger partial charge in [-0.1, -0.05) is 24.3 Å². The Morgan fingerprint density at radius 2 is 1.95 bits per heavy atom. The van der Waals surface area contributed by atoms with E-state index in [4.69, 9.17) is 5.26 Å². The first-order valence-electron chi connectivity index (χ1n) is 7.36. The molecule has 3 nitrogen and oxygen atoms in total. The van der Waals surface area contributed by atoms with Crippen molar-refractivity contribution in [1.82, 2.24) is 5.32 Å². The molecular formula is C18H20FN3. The van der Waals surface area contributed by atoms with Crippen LogP contribution in [0.2, 0.25) is 0 Å².